The van der Waals surface area contributed by atoms with E-state index in [1.54, 1.807) is 0 Å². The second-order valence-electron chi connectivity index (χ2n) is 2.56. The van der Waals surface area contributed by atoms with Crippen LogP contribution in [0.4, 0.5) is 0 Å². The molecular weight excluding hydrogens is 172 g/mol. The zero-order valence-electron chi connectivity index (χ0n) is 7.31. The quantitative estimate of drug-likeness (QED) is 0.607. The van der Waals surface area contributed by atoms with Crippen LogP contribution < -0.4 is 10.2 Å². The summed E-state index contributed by atoms with van der Waals surface area (Å²) < 4.78 is 4.96. The molecule has 1 aromatic heterocycles. The molecule has 1 heterocycles. The van der Waals surface area contributed by atoms with Crippen molar-refractivity contribution in [2.45, 2.75) is 13.8 Å². The molecule has 0 aliphatic carbocycles. The zero-order valence-corrected chi connectivity index (χ0v) is 8.07. The van der Waals surface area contributed by atoms with Crippen molar-refractivity contribution >= 4 is 24.9 Å². The first-order chi connectivity index (χ1) is 5.57. The maximum atomic E-state index is 5.90. The highest BCUT2D eigenvalue weighted by Gasteiger charge is 2.09. The molecule has 0 N–H and O–H groups in total. The SMILES string of the molecule is [B]c1c(C)nc(OC)c(Cl)c1C. The van der Waals surface area contributed by atoms with Gasteiger partial charge in [-0.25, -0.2) is 4.98 Å². The number of pyridine rings is 1. The highest BCUT2D eigenvalue weighted by molar-refractivity contribution is 6.38. The Morgan fingerprint density at radius 2 is 2.00 bits per heavy atom. The van der Waals surface area contributed by atoms with Crippen LogP contribution in [-0.4, -0.2) is 19.9 Å². The first-order valence-corrected chi connectivity index (χ1v) is 3.92. The van der Waals surface area contributed by atoms with Crippen molar-refractivity contribution in [3.8, 4) is 5.88 Å². The number of ether oxygens (including phenoxy) is 1. The Morgan fingerprint density at radius 1 is 1.42 bits per heavy atom. The number of hydrogen-bond donors (Lipinski definition) is 0. The van der Waals surface area contributed by atoms with Crippen LogP contribution in [0.3, 0.4) is 0 Å². The van der Waals surface area contributed by atoms with Crippen molar-refractivity contribution in [2.75, 3.05) is 7.11 Å². The van der Waals surface area contributed by atoms with Gasteiger partial charge < -0.3 is 4.74 Å². The number of aromatic nitrogens is 1. The largest absolute Gasteiger partial charge is 0.480 e. The summed E-state index contributed by atoms with van der Waals surface area (Å²) in [5.74, 6) is 0.431. The predicted octanol–water partition coefficient (Wildman–Crippen LogP) is 1.15. The summed E-state index contributed by atoms with van der Waals surface area (Å²) >= 11 is 5.90. The van der Waals surface area contributed by atoms with Crippen LogP contribution in [0.1, 0.15) is 11.3 Å². The lowest BCUT2D eigenvalue weighted by Crippen LogP contribution is -2.15. The molecular formula is C8H9BClNO. The fourth-order valence-electron chi connectivity index (χ4n) is 0.947. The van der Waals surface area contributed by atoms with E-state index in [0.717, 1.165) is 11.3 Å². The minimum Gasteiger partial charge on any atom is -0.480 e. The van der Waals surface area contributed by atoms with Crippen LogP contribution in [-0.2, 0) is 0 Å². The van der Waals surface area contributed by atoms with Crippen LogP contribution in [0.2, 0.25) is 5.02 Å². The Balaban J connectivity index is 3.39. The fraction of sp³-hybridized carbons (Fsp3) is 0.375. The Kier molecular flexibility index (Phi) is 2.63. The fourth-order valence-corrected chi connectivity index (χ4v) is 1.17. The van der Waals surface area contributed by atoms with Gasteiger partial charge in [-0.3, -0.25) is 0 Å². The molecule has 0 saturated carbocycles. The van der Waals surface area contributed by atoms with Gasteiger partial charge in [-0.15, -0.1) is 0 Å². The summed E-state index contributed by atoms with van der Waals surface area (Å²) in [6.07, 6.45) is 0. The molecule has 62 valence electrons. The number of hydrogen-bond acceptors (Lipinski definition) is 2. The Morgan fingerprint density at radius 3 is 2.50 bits per heavy atom. The second-order valence-corrected chi connectivity index (χ2v) is 2.94. The topological polar surface area (TPSA) is 22.1 Å². The van der Waals surface area contributed by atoms with Gasteiger partial charge in [-0.2, -0.15) is 0 Å². The van der Waals surface area contributed by atoms with Gasteiger partial charge in [0.1, 0.15) is 12.9 Å². The summed E-state index contributed by atoms with van der Waals surface area (Å²) in [6.45, 7) is 3.66. The second kappa shape index (κ2) is 3.36. The predicted molar refractivity (Wildman–Crippen MR) is 50.7 cm³/mol. The molecule has 1 rings (SSSR count). The van der Waals surface area contributed by atoms with Gasteiger partial charge in [0.15, 0.2) is 0 Å². The van der Waals surface area contributed by atoms with Gasteiger partial charge in [0.25, 0.3) is 0 Å². The van der Waals surface area contributed by atoms with E-state index in [2.05, 4.69) is 4.98 Å². The third kappa shape index (κ3) is 1.41. The molecule has 0 fully saturated rings. The van der Waals surface area contributed by atoms with Gasteiger partial charge in [0.05, 0.1) is 7.11 Å². The van der Waals surface area contributed by atoms with Crippen LogP contribution in [0.25, 0.3) is 0 Å². The van der Waals surface area contributed by atoms with Crippen molar-refractivity contribution in [2.24, 2.45) is 0 Å². The van der Waals surface area contributed by atoms with E-state index in [9.17, 15) is 0 Å². The molecule has 0 aliphatic rings. The molecule has 2 radical (unpaired) electrons. The van der Waals surface area contributed by atoms with E-state index in [-0.39, 0.29) is 0 Å². The monoisotopic (exact) mass is 181 g/mol. The number of aryl methyl sites for hydroxylation is 1. The van der Waals surface area contributed by atoms with E-state index in [4.69, 9.17) is 24.2 Å². The standard InChI is InChI=1S/C8H9BClNO/c1-4-6(9)5(2)11-8(12-3)7(4)10/h1-3H3. The van der Waals surface area contributed by atoms with Crippen LogP contribution in [0.15, 0.2) is 0 Å². The van der Waals surface area contributed by atoms with Gasteiger partial charge in [-0.05, 0) is 19.4 Å². The zero-order chi connectivity index (χ0) is 9.30. The number of halogens is 1. The summed E-state index contributed by atoms with van der Waals surface area (Å²) in [7, 11) is 7.23. The van der Waals surface area contributed by atoms with Gasteiger partial charge >= 0.3 is 0 Å². The Labute approximate surface area is 78.3 Å². The third-order valence-corrected chi connectivity index (χ3v) is 2.22. The smallest absolute Gasteiger partial charge is 0.232 e. The van der Waals surface area contributed by atoms with E-state index in [0.29, 0.717) is 16.4 Å². The minimum atomic E-state index is 0.431. The first kappa shape index (κ1) is 9.39. The molecule has 0 bridgehead atoms. The summed E-state index contributed by atoms with van der Waals surface area (Å²) in [4.78, 5) is 4.07. The molecule has 4 heteroatoms. The lowest BCUT2D eigenvalue weighted by molar-refractivity contribution is 0.397. The number of methoxy groups -OCH3 is 1. The maximum Gasteiger partial charge on any atom is 0.232 e. The molecule has 1 aromatic rings. The summed E-state index contributed by atoms with van der Waals surface area (Å²) in [5.41, 5.74) is 2.19. The summed E-state index contributed by atoms with van der Waals surface area (Å²) in [5, 5.41) is 0.487. The van der Waals surface area contributed by atoms with Crippen molar-refractivity contribution in [1.82, 2.24) is 4.98 Å². The van der Waals surface area contributed by atoms with Gasteiger partial charge in [0.2, 0.25) is 5.88 Å². The van der Waals surface area contributed by atoms with Crippen LogP contribution in [0, 0.1) is 13.8 Å². The average molecular weight is 181 g/mol. The first-order valence-electron chi connectivity index (χ1n) is 3.54. The Bertz CT molecular complexity index is 314. The normalized spacial score (nSPS) is 10.0. The Hall–Kier alpha value is -0.695. The van der Waals surface area contributed by atoms with Gasteiger partial charge in [0, 0.05) is 5.69 Å². The molecule has 2 nitrogen and oxygen atoms in total. The van der Waals surface area contributed by atoms with Crippen molar-refractivity contribution in [1.29, 1.82) is 0 Å². The highest BCUT2D eigenvalue weighted by Crippen LogP contribution is 2.23. The highest BCUT2D eigenvalue weighted by atomic mass is 35.5. The van der Waals surface area contributed by atoms with Crippen molar-refractivity contribution < 1.29 is 4.74 Å². The molecule has 0 aromatic carbocycles. The molecule has 0 amide bonds. The van der Waals surface area contributed by atoms with E-state index in [1.807, 2.05) is 13.8 Å². The number of rotatable bonds is 1. The lowest BCUT2D eigenvalue weighted by Gasteiger charge is -2.09. The molecule has 0 saturated heterocycles. The average Bonchev–Trinajstić information content (AvgIpc) is 2.08. The number of nitrogens with zero attached hydrogens (tertiary/aromatic N) is 1. The molecule has 0 unspecified atom stereocenters. The van der Waals surface area contributed by atoms with Gasteiger partial charge in [-0.1, -0.05) is 17.1 Å². The van der Waals surface area contributed by atoms with E-state index in [1.165, 1.54) is 7.11 Å². The molecule has 0 aliphatic heterocycles. The van der Waals surface area contributed by atoms with E-state index >= 15 is 0 Å². The van der Waals surface area contributed by atoms with Crippen LogP contribution in [0.5, 0.6) is 5.88 Å². The van der Waals surface area contributed by atoms with Crippen LogP contribution >= 0.6 is 11.6 Å². The molecule has 0 atom stereocenters. The lowest BCUT2D eigenvalue weighted by atomic mass is 9.90. The minimum absolute atomic E-state index is 0.431. The summed E-state index contributed by atoms with van der Waals surface area (Å²) in [6, 6.07) is 0. The van der Waals surface area contributed by atoms with E-state index < -0.39 is 0 Å². The molecule has 12 heavy (non-hydrogen) atoms. The van der Waals surface area contributed by atoms with Crippen molar-refractivity contribution in [3.05, 3.63) is 16.3 Å². The molecule has 0 spiro atoms. The van der Waals surface area contributed by atoms with Crippen molar-refractivity contribution in [3.63, 3.8) is 0 Å². The maximum absolute atomic E-state index is 5.90. The third-order valence-electron chi connectivity index (χ3n) is 1.77.